The van der Waals surface area contributed by atoms with E-state index in [9.17, 15) is 0 Å². The van der Waals surface area contributed by atoms with Crippen molar-refractivity contribution in [3.05, 3.63) is 23.8 Å². The van der Waals surface area contributed by atoms with Crippen LogP contribution in [0, 0.1) is 5.92 Å². The molecule has 0 fully saturated rings. The molecule has 0 aromatic heterocycles. The predicted octanol–water partition coefficient (Wildman–Crippen LogP) is 4.05. The Bertz CT molecular complexity index is 435. The molecule has 0 saturated carbocycles. The number of benzene rings is 1. The van der Waals surface area contributed by atoms with Crippen LogP contribution in [0.2, 0.25) is 0 Å². The Labute approximate surface area is 130 Å². The average molecular weight is 293 g/mol. The van der Waals surface area contributed by atoms with Gasteiger partial charge in [0.2, 0.25) is 0 Å². The van der Waals surface area contributed by atoms with Crippen LogP contribution in [0.1, 0.15) is 47.1 Å². The summed E-state index contributed by atoms with van der Waals surface area (Å²) in [5.41, 5.74) is 1.35. The normalized spacial score (nSPS) is 13.3. The lowest BCUT2D eigenvalue weighted by atomic mass is 10.0. The molecule has 0 aliphatic carbocycles. The van der Waals surface area contributed by atoms with Gasteiger partial charge in [-0.1, -0.05) is 26.8 Å². The summed E-state index contributed by atoms with van der Waals surface area (Å²) in [6.07, 6.45) is 1.11. The lowest BCUT2D eigenvalue weighted by Crippen LogP contribution is -2.44. The van der Waals surface area contributed by atoms with Gasteiger partial charge in [-0.3, -0.25) is 0 Å². The molecule has 0 bridgehead atoms. The Kier molecular flexibility index (Phi) is 6.53. The number of ether oxygens (including phenoxy) is 2. The zero-order valence-electron chi connectivity index (χ0n) is 14.6. The summed E-state index contributed by atoms with van der Waals surface area (Å²) in [4.78, 5) is 0. The third-order valence-corrected chi connectivity index (χ3v) is 3.49. The predicted molar refractivity (Wildman–Crippen MR) is 89.4 cm³/mol. The average Bonchev–Trinajstić information content (AvgIpc) is 2.42. The summed E-state index contributed by atoms with van der Waals surface area (Å²) in [6, 6.07) is 6.18. The Balaban J connectivity index is 2.83. The molecule has 1 unspecified atom stereocenters. The lowest BCUT2D eigenvalue weighted by molar-refractivity contribution is 0.135. The van der Waals surface area contributed by atoms with Crippen molar-refractivity contribution in [3.63, 3.8) is 0 Å². The highest BCUT2D eigenvalue weighted by atomic mass is 16.5. The van der Waals surface area contributed by atoms with E-state index in [1.165, 1.54) is 5.56 Å². The van der Waals surface area contributed by atoms with Crippen molar-refractivity contribution in [2.24, 2.45) is 5.92 Å². The molecule has 0 radical (unpaired) electrons. The fourth-order valence-corrected chi connectivity index (χ4v) is 2.01. The molecule has 0 amide bonds. The molecular formula is C18H31NO2. The van der Waals surface area contributed by atoms with E-state index in [2.05, 4.69) is 59.0 Å². The summed E-state index contributed by atoms with van der Waals surface area (Å²) >= 11 is 0. The van der Waals surface area contributed by atoms with Crippen LogP contribution in [0.15, 0.2) is 18.2 Å². The van der Waals surface area contributed by atoms with Crippen LogP contribution in [0.25, 0.3) is 0 Å². The molecule has 0 aliphatic heterocycles. The van der Waals surface area contributed by atoms with Gasteiger partial charge in [0.05, 0.1) is 7.11 Å². The Morgan fingerprint density at radius 2 is 1.81 bits per heavy atom. The maximum atomic E-state index is 6.21. The molecule has 3 nitrogen and oxygen atoms in total. The van der Waals surface area contributed by atoms with E-state index < -0.39 is 0 Å². The standard InChI is InChI=1S/C18H31NO2/c1-8-14-9-10-15(16(11-14)20-7)21-17(13(2)3)12-19-18(4,5)6/h9-11,13,17,19H,8,12H2,1-7H3. The first-order chi connectivity index (χ1) is 9.76. The third-order valence-electron chi connectivity index (χ3n) is 3.49. The van der Waals surface area contributed by atoms with Gasteiger partial charge >= 0.3 is 0 Å². The number of methoxy groups -OCH3 is 1. The molecule has 1 aromatic rings. The molecule has 120 valence electrons. The van der Waals surface area contributed by atoms with Crippen LogP contribution in [0.4, 0.5) is 0 Å². The minimum atomic E-state index is 0.0899. The number of hydrogen-bond donors (Lipinski definition) is 1. The van der Waals surface area contributed by atoms with Gasteiger partial charge in [-0.05, 0) is 50.8 Å². The summed E-state index contributed by atoms with van der Waals surface area (Å²) < 4.78 is 11.7. The highest BCUT2D eigenvalue weighted by Gasteiger charge is 2.20. The van der Waals surface area contributed by atoms with Gasteiger partial charge in [-0.2, -0.15) is 0 Å². The number of aryl methyl sites for hydroxylation is 1. The molecule has 21 heavy (non-hydrogen) atoms. The molecule has 1 rings (SSSR count). The molecule has 1 N–H and O–H groups in total. The highest BCUT2D eigenvalue weighted by molar-refractivity contribution is 5.43. The van der Waals surface area contributed by atoms with Crippen molar-refractivity contribution in [1.29, 1.82) is 0 Å². The van der Waals surface area contributed by atoms with Crippen molar-refractivity contribution in [3.8, 4) is 11.5 Å². The van der Waals surface area contributed by atoms with E-state index in [0.717, 1.165) is 24.5 Å². The van der Waals surface area contributed by atoms with Crippen LogP contribution in [0.3, 0.4) is 0 Å². The number of rotatable bonds is 7. The fraction of sp³-hybridized carbons (Fsp3) is 0.667. The Hall–Kier alpha value is -1.22. The highest BCUT2D eigenvalue weighted by Crippen LogP contribution is 2.30. The van der Waals surface area contributed by atoms with Gasteiger partial charge in [0.1, 0.15) is 6.10 Å². The van der Waals surface area contributed by atoms with Gasteiger partial charge in [0.25, 0.3) is 0 Å². The second-order valence-corrected chi connectivity index (χ2v) is 6.87. The first-order valence-electron chi connectivity index (χ1n) is 7.85. The molecule has 1 atom stereocenters. The molecule has 3 heteroatoms. The van der Waals surface area contributed by atoms with Crippen molar-refractivity contribution >= 4 is 0 Å². The minimum Gasteiger partial charge on any atom is -0.493 e. The van der Waals surface area contributed by atoms with Crippen molar-refractivity contribution in [1.82, 2.24) is 5.32 Å². The molecule has 0 saturated heterocycles. The first-order valence-corrected chi connectivity index (χ1v) is 7.85. The fourth-order valence-electron chi connectivity index (χ4n) is 2.01. The monoisotopic (exact) mass is 293 g/mol. The van der Waals surface area contributed by atoms with Gasteiger partial charge in [-0.15, -0.1) is 0 Å². The van der Waals surface area contributed by atoms with Gasteiger partial charge in [-0.25, -0.2) is 0 Å². The van der Waals surface area contributed by atoms with E-state index in [-0.39, 0.29) is 11.6 Å². The number of hydrogen-bond acceptors (Lipinski definition) is 3. The van der Waals surface area contributed by atoms with Gasteiger partial charge in [0, 0.05) is 12.1 Å². The summed E-state index contributed by atoms with van der Waals surface area (Å²) in [5, 5.41) is 3.52. The SMILES string of the molecule is CCc1ccc(OC(CNC(C)(C)C)C(C)C)c(OC)c1. The van der Waals surface area contributed by atoms with Crippen LogP contribution >= 0.6 is 0 Å². The first kappa shape index (κ1) is 17.8. The zero-order valence-corrected chi connectivity index (χ0v) is 14.6. The van der Waals surface area contributed by atoms with Crippen LogP contribution in [-0.4, -0.2) is 25.3 Å². The molecule has 0 spiro atoms. The van der Waals surface area contributed by atoms with Crippen molar-refractivity contribution in [2.45, 2.75) is 59.6 Å². The maximum Gasteiger partial charge on any atom is 0.161 e. The van der Waals surface area contributed by atoms with Crippen molar-refractivity contribution < 1.29 is 9.47 Å². The molecule has 0 aliphatic rings. The van der Waals surface area contributed by atoms with Crippen LogP contribution in [0.5, 0.6) is 11.5 Å². The Morgan fingerprint density at radius 3 is 2.29 bits per heavy atom. The van der Waals surface area contributed by atoms with E-state index in [1.807, 2.05) is 6.07 Å². The molecule has 0 heterocycles. The van der Waals surface area contributed by atoms with E-state index >= 15 is 0 Å². The molecule has 1 aromatic carbocycles. The second kappa shape index (κ2) is 7.69. The second-order valence-electron chi connectivity index (χ2n) is 6.87. The minimum absolute atomic E-state index is 0.0899. The van der Waals surface area contributed by atoms with Crippen LogP contribution in [-0.2, 0) is 6.42 Å². The zero-order chi connectivity index (χ0) is 16.0. The topological polar surface area (TPSA) is 30.5 Å². The Morgan fingerprint density at radius 1 is 1.14 bits per heavy atom. The van der Waals surface area contributed by atoms with Crippen molar-refractivity contribution in [2.75, 3.05) is 13.7 Å². The van der Waals surface area contributed by atoms with E-state index in [4.69, 9.17) is 9.47 Å². The van der Waals surface area contributed by atoms with E-state index in [0.29, 0.717) is 5.92 Å². The largest absolute Gasteiger partial charge is 0.493 e. The summed E-state index contributed by atoms with van der Waals surface area (Å²) in [6.45, 7) is 13.8. The number of nitrogens with one attached hydrogen (secondary N) is 1. The lowest BCUT2D eigenvalue weighted by Gasteiger charge is -2.28. The van der Waals surface area contributed by atoms with Gasteiger partial charge in [0.15, 0.2) is 11.5 Å². The van der Waals surface area contributed by atoms with E-state index in [1.54, 1.807) is 7.11 Å². The van der Waals surface area contributed by atoms with Gasteiger partial charge < -0.3 is 14.8 Å². The molecular weight excluding hydrogens is 262 g/mol. The van der Waals surface area contributed by atoms with Crippen LogP contribution < -0.4 is 14.8 Å². The maximum absolute atomic E-state index is 6.21. The quantitative estimate of drug-likeness (QED) is 0.822. The smallest absolute Gasteiger partial charge is 0.161 e. The summed E-state index contributed by atoms with van der Waals surface area (Å²) in [7, 11) is 1.69. The third kappa shape index (κ3) is 5.96. The summed E-state index contributed by atoms with van der Waals surface area (Å²) in [5.74, 6) is 2.07.